The second-order valence-corrected chi connectivity index (χ2v) is 5.01. The van der Waals surface area contributed by atoms with E-state index >= 15 is 0 Å². The molecule has 2 fully saturated rings. The summed E-state index contributed by atoms with van der Waals surface area (Å²) in [6, 6.07) is 0. The van der Waals surface area contributed by atoms with E-state index in [-0.39, 0.29) is 0 Å². The van der Waals surface area contributed by atoms with E-state index in [1.165, 1.54) is 19.3 Å². The van der Waals surface area contributed by atoms with Crippen molar-refractivity contribution in [3.05, 3.63) is 0 Å². The van der Waals surface area contributed by atoms with Gasteiger partial charge in [-0.05, 0) is 36.5 Å². The fourth-order valence-electron chi connectivity index (χ4n) is 2.93. The van der Waals surface area contributed by atoms with Crippen LogP contribution >= 0.6 is 11.6 Å². The molecule has 0 nitrogen and oxygen atoms in total. The predicted molar refractivity (Wildman–Crippen MR) is 44.3 cm³/mol. The molecule has 0 N–H and O–H groups in total. The Kier molecular flexibility index (Phi) is 1.33. The first-order valence-electron chi connectivity index (χ1n) is 4.26. The molecule has 58 valence electrons. The third-order valence-corrected chi connectivity index (χ3v) is 4.26. The summed E-state index contributed by atoms with van der Waals surface area (Å²) < 4.78 is 0. The maximum absolute atomic E-state index is 6.19. The molecule has 0 unspecified atom stereocenters. The quantitative estimate of drug-likeness (QED) is 0.476. The zero-order chi connectivity index (χ0) is 7.35. The number of alkyl halides is 1. The van der Waals surface area contributed by atoms with Gasteiger partial charge in [-0.2, -0.15) is 0 Å². The SMILES string of the molecule is CC1(C)[C@@H]2CC[C@@H]1[C@@H](Cl)C2. The highest BCUT2D eigenvalue weighted by atomic mass is 35.5. The van der Waals surface area contributed by atoms with Crippen LogP contribution in [0, 0.1) is 17.3 Å². The maximum atomic E-state index is 6.19. The maximum Gasteiger partial charge on any atom is 0.0372 e. The van der Waals surface area contributed by atoms with E-state index in [0.29, 0.717) is 10.8 Å². The summed E-state index contributed by atoms with van der Waals surface area (Å²) in [5.41, 5.74) is 0.562. The van der Waals surface area contributed by atoms with Crippen molar-refractivity contribution >= 4 is 11.6 Å². The number of halogens is 1. The summed E-state index contributed by atoms with van der Waals surface area (Å²) in [5, 5.41) is 0.494. The van der Waals surface area contributed by atoms with Gasteiger partial charge < -0.3 is 0 Å². The van der Waals surface area contributed by atoms with Crippen molar-refractivity contribution in [1.82, 2.24) is 0 Å². The Morgan fingerprint density at radius 2 is 2.00 bits per heavy atom. The van der Waals surface area contributed by atoms with Crippen LogP contribution in [0.15, 0.2) is 0 Å². The molecule has 1 heteroatoms. The molecule has 2 bridgehead atoms. The fourth-order valence-corrected chi connectivity index (χ4v) is 3.60. The summed E-state index contributed by atoms with van der Waals surface area (Å²) in [4.78, 5) is 0. The van der Waals surface area contributed by atoms with Gasteiger partial charge in [0.1, 0.15) is 0 Å². The normalized spacial score (nSPS) is 50.1. The fraction of sp³-hybridized carbons (Fsp3) is 1.00. The van der Waals surface area contributed by atoms with Gasteiger partial charge in [0.25, 0.3) is 0 Å². The Labute approximate surface area is 68.0 Å². The van der Waals surface area contributed by atoms with Crippen LogP contribution in [0.1, 0.15) is 33.1 Å². The standard InChI is InChI=1S/C9H15Cl/c1-9(2)6-3-4-7(9)8(10)5-6/h6-8H,3-5H2,1-2H3/t6-,7-,8+/m1/s1. The van der Waals surface area contributed by atoms with Crippen LogP contribution in [0.5, 0.6) is 0 Å². The lowest BCUT2D eigenvalue weighted by molar-refractivity contribution is 0.260. The van der Waals surface area contributed by atoms with Crippen molar-refractivity contribution in [1.29, 1.82) is 0 Å². The van der Waals surface area contributed by atoms with Gasteiger partial charge in [0.15, 0.2) is 0 Å². The van der Waals surface area contributed by atoms with E-state index in [2.05, 4.69) is 13.8 Å². The van der Waals surface area contributed by atoms with Crippen molar-refractivity contribution in [3.8, 4) is 0 Å². The summed E-state index contributed by atoms with van der Waals surface area (Å²) in [6.45, 7) is 4.77. The topological polar surface area (TPSA) is 0 Å². The summed E-state index contributed by atoms with van der Waals surface area (Å²) in [5.74, 6) is 1.75. The van der Waals surface area contributed by atoms with Crippen molar-refractivity contribution in [3.63, 3.8) is 0 Å². The molecule has 0 amide bonds. The molecule has 10 heavy (non-hydrogen) atoms. The van der Waals surface area contributed by atoms with Gasteiger partial charge in [-0.1, -0.05) is 13.8 Å². The Morgan fingerprint density at radius 1 is 1.30 bits per heavy atom. The number of hydrogen-bond acceptors (Lipinski definition) is 0. The Bertz CT molecular complexity index is 151. The lowest BCUT2D eigenvalue weighted by Crippen LogP contribution is -2.19. The minimum absolute atomic E-state index is 0.494. The van der Waals surface area contributed by atoms with Gasteiger partial charge in [0.2, 0.25) is 0 Å². The molecule has 0 heterocycles. The third-order valence-electron chi connectivity index (χ3n) is 3.78. The molecule has 2 rings (SSSR count). The minimum Gasteiger partial charge on any atom is -0.123 e. The Hall–Kier alpha value is 0.290. The molecular weight excluding hydrogens is 144 g/mol. The van der Waals surface area contributed by atoms with Gasteiger partial charge in [-0.25, -0.2) is 0 Å². The second kappa shape index (κ2) is 1.91. The van der Waals surface area contributed by atoms with Crippen molar-refractivity contribution in [2.75, 3.05) is 0 Å². The first-order chi connectivity index (χ1) is 4.62. The summed E-state index contributed by atoms with van der Waals surface area (Å²) in [7, 11) is 0. The molecule has 2 aliphatic rings. The van der Waals surface area contributed by atoms with Crippen molar-refractivity contribution in [2.45, 2.75) is 38.5 Å². The molecule has 0 aromatic heterocycles. The number of hydrogen-bond donors (Lipinski definition) is 0. The zero-order valence-corrected chi connectivity index (χ0v) is 7.49. The lowest BCUT2D eigenvalue weighted by Gasteiger charge is -2.24. The van der Waals surface area contributed by atoms with Crippen molar-refractivity contribution < 1.29 is 0 Å². The first kappa shape index (κ1) is 6.97. The zero-order valence-electron chi connectivity index (χ0n) is 6.73. The van der Waals surface area contributed by atoms with Gasteiger partial charge in [-0.3, -0.25) is 0 Å². The van der Waals surface area contributed by atoms with E-state index in [9.17, 15) is 0 Å². The van der Waals surface area contributed by atoms with Crippen molar-refractivity contribution in [2.24, 2.45) is 17.3 Å². The van der Waals surface area contributed by atoms with Gasteiger partial charge in [-0.15, -0.1) is 11.6 Å². The van der Waals surface area contributed by atoms with E-state index in [0.717, 1.165) is 11.8 Å². The highest BCUT2D eigenvalue weighted by Crippen LogP contribution is 2.58. The monoisotopic (exact) mass is 158 g/mol. The molecule has 0 aromatic carbocycles. The third kappa shape index (κ3) is 0.689. The molecular formula is C9H15Cl. The average Bonchev–Trinajstić information content (AvgIpc) is 2.20. The van der Waals surface area contributed by atoms with Crippen LogP contribution in [0.2, 0.25) is 0 Å². The van der Waals surface area contributed by atoms with Crippen LogP contribution in [-0.2, 0) is 0 Å². The molecule has 0 aliphatic heterocycles. The van der Waals surface area contributed by atoms with Crippen LogP contribution in [0.4, 0.5) is 0 Å². The summed E-state index contributed by atoms with van der Waals surface area (Å²) in [6.07, 6.45) is 4.09. The molecule has 2 aliphatic carbocycles. The average molecular weight is 159 g/mol. The van der Waals surface area contributed by atoms with Gasteiger partial charge in [0.05, 0.1) is 0 Å². The summed E-state index contributed by atoms with van der Waals surface area (Å²) >= 11 is 6.19. The molecule has 0 spiro atoms. The minimum atomic E-state index is 0.494. The Morgan fingerprint density at radius 3 is 2.20 bits per heavy atom. The molecule has 0 aromatic rings. The predicted octanol–water partition coefficient (Wildman–Crippen LogP) is 3.05. The van der Waals surface area contributed by atoms with Crippen LogP contribution in [0.25, 0.3) is 0 Å². The largest absolute Gasteiger partial charge is 0.123 e. The smallest absolute Gasteiger partial charge is 0.0372 e. The van der Waals surface area contributed by atoms with E-state index in [1.807, 2.05) is 0 Å². The highest BCUT2D eigenvalue weighted by Gasteiger charge is 2.52. The molecule has 0 saturated heterocycles. The van der Waals surface area contributed by atoms with E-state index in [4.69, 9.17) is 11.6 Å². The molecule has 3 atom stereocenters. The number of fused-ring (bicyclic) bond motifs is 2. The first-order valence-corrected chi connectivity index (χ1v) is 4.70. The lowest BCUT2D eigenvalue weighted by atomic mass is 9.82. The molecule has 2 saturated carbocycles. The number of rotatable bonds is 0. The van der Waals surface area contributed by atoms with E-state index < -0.39 is 0 Å². The van der Waals surface area contributed by atoms with Crippen LogP contribution < -0.4 is 0 Å². The van der Waals surface area contributed by atoms with Crippen LogP contribution in [0.3, 0.4) is 0 Å². The highest BCUT2D eigenvalue weighted by molar-refractivity contribution is 6.21. The van der Waals surface area contributed by atoms with Crippen LogP contribution in [-0.4, -0.2) is 5.38 Å². The van der Waals surface area contributed by atoms with E-state index in [1.54, 1.807) is 0 Å². The van der Waals surface area contributed by atoms with Gasteiger partial charge in [0, 0.05) is 5.38 Å². The molecule has 0 radical (unpaired) electrons. The Balaban J connectivity index is 2.27. The van der Waals surface area contributed by atoms with Gasteiger partial charge >= 0.3 is 0 Å². The second-order valence-electron chi connectivity index (χ2n) is 4.45.